The van der Waals surface area contributed by atoms with Gasteiger partial charge in [0.15, 0.2) is 5.41 Å². The zero-order valence-electron chi connectivity index (χ0n) is 51.7. The number of rotatable bonds is 40. The molecule has 0 spiro atoms. The van der Waals surface area contributed by atoms with Crippen molar-refractivity contribution in [3.63, 3.8) is 0 Å². The first-order valence-corrected chi connectivity index (χ1v) is 31.4. The van der Waals surface area contributed by atoms with Crippen LogP contribution in [0.5, 0.6) is 11.5 Å². The summed E-state index contributed by atoms with van der Waals surface area (Å²) in [6, 6.07) is 7.92. The lowest BCUT2D eigenvalue weighted by Gasteiger charge is -2.48. The molecule has 2 aromatic rings. The van der Waals surface area contributed by atoms with Crippen LogP contribution in [0.2, 0.25) is 0 Å². The smallest absolute Gasteiger partial charge is 0.322 e. The van der Waals surface area contributed by atoms with E-state index in [4.69, 9.17) is 0 Å². The van der Waals surface area contributed by atoms with Crippen LogP contribution in [0.15, 0.2) is 24.3 Å². The number of hydrogen-bond acceptors (Lipinski definition) is 4. The number of benzene rings is 2. The van der Waals surface area contributed by atoms with Crippen molar-refractivity contribution in [3.05, 3.63) is 57.6 Å². The van der Waals surface area contributed by atoms with E-state index in [1.165, 1.54) is 154 Å². The largest absolute Gasteiger partial charge is 0.507 e. The summed E-state index contributed by atoms with van der Waals surface area (Å²) in [6.45, 7) is 29.5. The Morgan fingerprint density at radius 3 is 0.867 bits per heavy atom. The molecule has 0 aliphatic heterocycles. The van der Waals surface area contributed by atoms with E-state index in [1.54, 1.807) is 0 Å². The van der Waals surface area contributed by atoms with Crippen molar-refractivity contribution in [2.75, 3.05) is 0 Å². The van der Waals surface area contributed by atoms with Crippen LogP contribution in [0.25, 0.3) is 0 Å². The van der Waals surface area contributed by atoms with Gasteiger partial charge in [0.25, 0.3) is 0 Å². The zero-order chi connectivity index (χ0) is 56.4. The average molecular weight is 1050 g/mol. The minimum atomic E-state index is -2.44. The van der Waals surface area contributed by atoms with Gasteiger partial charge >= 0.3 is 11.9 Å². The number of unbranched alkanes of at least 4 members (excludes halogenated alkanes) is 30. The van der Waals surface area contributed by atoms with Gasteiger partial charge in [-0.05, 0) is 62.3 Å². The Morgan fingerprint density at radius 1 is 0.347 bits per heavy atom. The van der Waals surface area contributed by atoms with Gasteiger partial charge in [0.05, 0.1) is 0 Å². The monoisotopic (exact) mass is 1040 g/mol. The molecule has 6 nitrogen and oxygen atoms in total. The summed E-state index contributed by atoms with van der Waals surface area (Å²) in [4.78, 5) is 29.7. The van der Waals surface area contributed by atoms with E-state index >= 15 is 0 Å². The predicted molar refractivity (Wildman–Crippen MR) is 322 cm³/mol. The summed E-state index contributed by atoms with van der Waals surface area (Å²) in [5.41, 5.74) is -1.74. The molecule has 0 atom stereocenters. The van der Waals surface area contributed by atoms with Crippen LogP contribution in [-0.4, -0.2) is 32.4 Å². The van der Waals surface area contributed by atoms with Gasteiger partial charge in [-0.2, -0.15) is 0 Å². The minimum Gasteiger partial charge on any atom is -0.507 e. The summed E-state index contributed by atoms with van der Waals surface area (Å²) in [5, 5.41) is 49.4. The molecule has 0 unspecified atom stereocenters. The molecule has 0 amide bonds. The normalized spacial score (nSPS) is 13.0. The number of phenols is 2. The SMILES string of the molecule is CCCCCCCCCCCCCCCCCCC(CCCCCCCCCCCCCCCCCC)(c1cc(C(C)(C)C)cc(C(C)(C)C)c1O)C(Cc1cc(C(C)(C)C)cc(C(C)(C)C)c1O)(C(=O)O)C(=O)O. The van der Waals surface area contributed by atoms with Crippen LogP contribution < -0.4 is 0 Å². The number of phenolic OH excluding ortho intramolecular Hbond substituents is 2. The molecule has 2 rings (SSSR count). The molecule has 4 N–H and O–H groups in total. The molecule has 0 saturated heterocycles. The quantitative estimate of drug-likeness (QED) is 0.0390. The van der Waals surface area contributed by atoms with Crippen molar-refractivity contribution < 1.29 is 30.0 Å². The molecule has 75 heavy (non-hydrogen) atoms. The van der Waals surface area contributed by atoms with Gasteiger partial charge in [0.1, 0.15) is 11.5 Å². The van der Waals surface area contributed by atoms with Crippen LogP contribution in [0.3, 0.4) is 0 Å². The van der Waals surface area contributed by atoms with Gasteiger partial charge in [-0.3, -0.25) is 9.59 Å². The zero-order valence-corrected chi connectivity index (χ0v) is 51.7. The van der Waals surface area contributed by atoms with Crippen molar-refractivity contribution >= 4 is 11.9 Å². The highest BCUT2D eigenvalue weighted by molar-refractivity contribution is 6.01. The third-order valence-corrected chi connectivity index (χ3v) is 17.1. The first kappa shape index (κ1) is 68.1. The minimum absolute atomic E-state index is 0.0124. The first-order valence-electron chi connectivity index (χ1n) is 31.4. The van der Waals surface area contributed by atoms with Crippen molar-refractivity contribution in [2.24, 2.45) is 5.41 Å². The molecule has 0 radical (unpaired) electrons. The fourth-order valence-electron chi connectivity index (χ4n) is 11.9. The summed E-state index contributed by atoms with van der Waals surface area (Å²) < 4.78 is 0. The van der Waals surface area contributed by atoms with Gasteiger partial charge < -0.3 is 20.4 Å². The molecule has 0 fully saturated rings. The maximum absolute atomic E-state index is 14.8. The Hall–Kier alpha value is -3.02. The average Bonchev–Trinajstić information content (AvgIpc) is 3.31. The molecule has 0 aromatic heterocycles. The molecule has 432 valence electrons. The lowest BCUT2D eigenvalue weighted by atomic mass is 9.52. The standard InChI is InChI=1S/C69H120O6/c1-15-17-19-21-23-25-27-29-31-33-35-37-39-41-43-45-47-68(59-52-56(65(6,7)8)51-58(61(59)71)67(12,13)14,48-46-44-42-40-38-36-34-32-30-28-26-24-22-20-18-16-2)69(62(72)73,63(74)75)53-54-49-55(64(3,4)5)50-57(60(54)70)66(9,10)11/h49-52,70-71H,15-48,53H2,1-14H3,(H,72,73)(H,74,75). The lowest BCUT2D eigenvalue weighted by Crippen LogP contribution is -2.58. The molecule has 0 bridgehead atoms. The molecule has 0 aliphatic rings. The van der Waals surface area contributed by atoms with E-state index < -0.39 is 40.0 Å². The number of hydrogen-bond donors (Lipinski definition) is 4. The number of carbonyl (C=O) groups is 2. The predicted octanol–water partition coefficient (Wildman–Crippen LogP) is 21.2. The van der Waals surface area contributed by atoms with Crippen LogP contribution in [0.1, 0.15) is 349 Å². The summed E-state index contributed by atoms with van der Waals surface area (Å²) >= 11 is 0. The third-order valence-electron chi connectivity index (χ3n) is 17.1. The number of carboxylic acids is 2. The van der Waals surface area contributed by atoms with Crippen molar-refractivity contribution in [1.29, 1.82) is 0 Å². The lowest BCUT2D eigenvalue weighted by molar-refractivity contribution is -0.172. The van der Waals surface area contributed by atoms with Crippen LogP contribution in [-0.2, 0) is 43.1 Å². The van der Waals surface area contributed by atoms with Gasteiger partial charge in [-0.15, -0.1) is 0 Å². The Bertz CT molecular complexity index is 1860. The number of carboxylic acid groups (broad SMARTS) is 2. The molecule has 0 aliphatic carbocycles. The van der Waals surface area contributed by atoms with E-state index in [0.29, 0.717) is 47.9 Å². The maximum atomic E-state index is 14.8. The second kappa shape index (κ2) is 33.4. The van der Waals surface area contributed by atoms with Gasteiger partial charge in [0.2, 0.25) is 0 Å². The Balaban J connectivity index is 2.66. The van der Waals surface area contributed by atoms with Crippen LogP contribution >= 0.6 is 0 Å². The third kappa shape index (κ3) is 22.3. The second-order valence-corrected chi connectivity index (χ2v) is 27.8. The number of aliphatic carboxylic acids is 2. The Kier molecular flexibility index (Phi) is 30.3. The number of aromatic hydroxyl groups is 2. The molecule has 0 saturated carbocycles. The fraction of sp³-hybridized carbons (Fsp3) is 0.797. The van der Waals surface area contributed by atoms with Crippen molar-refractivity contribution in [3.8, 4) is 11.5 Å². The van der Waals surface area contributed by atoms with E-state index in [1.807, 2.05) is 39.0 Å². The first-order chi connectivity index (χ1) is 35.2. The Labute approximate surface area is 463 Å². The van der Waals surface area contributed by atoms with Crippen molar-refractivity contribution in [1.82, 2.24) is 0 Å². The van der Waals surface area contributed by atoms with Crippen LogP contribution in [0.4, 0.5) is 0 Å². The van der Waals surface area contributed by atoms with E-state index in [9.17, 15) is 30.0 Å². The highest BCUT2D eigenvalue weighted by Crippen LogP contribution is 2.57. The maximum Gasteiger partial charge on any atom is 0.322 e. The topological polar surface area (TPSA) is 115 Å². The van der Waals surface area contributed by atoms with Crippen LogP contribution in [0, 0.1) is 5.41 Å². The summed E-state index contributed by atoms with van der Waals surface area (Å²) in [7, 11) is 0. The molecular weight excluding hydrogens is 925 g/mol. The molecule has 0 heterocycles. The highest BCUT2D eigenvalue weighted by Gasteiger charge is 2.63. The van der Waals surface area contributed by atoms with Gasteiger partial charge in [0, 0.05) is 17.4 Å². The fourth-order valence-corrected chi connectivity index (χ4v) is 11.9. The molecular formula is C69H120O6. The van der Waals surface area contributed by atoms with Gasteiger partial charge in [-0.1, -0.05) is 327 Å². The highest BCUT2D eigenvalue weighted by atomic mass is 16.4. The molecule has 6 heteroatoms. The second-order valence-electron chi connectivity index (χ2n) is 27.8. The van der Waals surface area contributed by atoms with E-state index in [2.05, 4.69) is 82.2 Å². The Morgan fingerprint density at radius 2 is 0.600 bits per heavy atom. The molecule has 2 aromatic carbocycles. The van der Waals surface area contributed by atoms with Crippen molar-refractivity contribution in [2.45, 2.75) is 349 Å². The summed E-state index contributed by atoms with van der Waals surface area (Å²) in [6.07, 6.45) is 38.7. The van der Waals surface area contributed by atoms with E-state index in [-0.39, 0.29) is 22.3 Å². The van der Waals surface area contributed by atoms with E-state index in [0.717, 1.165) is 49.7 Å². The van der Waals surface area contributed by atoms with Gasteiger partial charge in [-0.25, -0.2) is 0 Å². The summed E-state index contributed by atoms with van der Waals surface area (Å²) in [5.74, 6) is -2.86.